The number of carboxylic acids is 5. The van der Waals surface area contributed by atoms with Gasteiger partial charge in [0.2, 0.25) is 0 Å². The number of rotatable bonds is 11. The van der Waals surface area contributed by atoms with Crippen molar-refractivity contribution in [3.05, 3.63) is 0 Å². The lowest BCUT2D eigenvalue weighted by Crippen LogP contribution is -2.41. The minimum absolute atomic E-state index is 0.0268. The summed E-state index contributed by atoms with van der Waals surface area (Å²) in [6, 6.07) is -1.49. The summed E-state index contributed by atoms with van der Waals surface area (Å²) in [5.74, 6) is -4.95. The molecule has 0 saturated heterocycles. The van der Waals surface area contributed by atoms with Gasteiger partial charge in [0.25, 0.3) is 0 Å². The minimum atomic E-state index is -1.09. The van der Waals surface area contributed by atoms with Crippen LogP contribution in [0, 0.1) is 0 Å². The fourth-order valence-corrected chi connectivity index (χ4v) is 1.23. The van der Waals surface area contributed by atoms with Crippen LogP contribution < -0.4 is 17.2 Å². The van der Waals surface area contributed by atoms with Crippen LogP contribution in [0.3, 0.4) is 0 Å². The summed E-state index contributed by atoms with van der Waals surface area (Å²) in [7, 11) is 0. The van der Waals surface area contributed by atoms with E-state index in [-0.39, 0.29) is 32.1 Å². The van der Waals surface area contributed by atoms with Crippen LogP contribution in [0.2, 0.25) is 0 Å². The van der Waals surface area contributed by atoms with Crippen LogP contribution in [0.15, 0.2) is 0 Å². The van der Waals surface area contributed by atoms with Gasteiger partial charge >= 0.3 is 29.8 Å². The molecule has 13 heteroatoms. The van der Waals surface area contributed by atoms with Gasteiger partial charge in [-0.1, -0.05) is 0 Å². The van der Waals surface area contributed by atoms with Crippen LogP contribution in [0.25, 0.3) is 0 Å². The first-order valence-electron chi connectivity index (χ1n) is 8.42. The molecule has 0 aromatic carbocycles. The molecule has 0 aromatic rings. The molecule has 0 rings (SSSR count). The van der Waals surface area contributed by atoms with Gasteiger partial charge < -0.3 is 42.7 Å². The summed E-state index contributed by atoms with van der Waals surface area (Å²) in [4.78, 5) is 50.0. The summed E-state index contributed by atoms with van der Waals surface area (Å²) in [6.07, 6.45) is 0.453. The lowest BCUT2D eigenvalue weighted by Gasteiger charge is -2.09. The van der Waals surface area contributed by atoms with Crippen LogP contribution in [-0.4, -0.2) is 73.0 Å². The molecule has 2 atom stereocenters. The largest absolute Gasteiger partial charge is 0.481 e. The Labute approximate surface area is 167 Å². The lowest BCUT2D eigenvalue weighted by molar-refractivity contribution is -0.142. The molecule has 11 N–H and O–H groups in total. The van der Waals surface area contributed by atoms with Crippen molar-refractivity contribution in [2.24, 2.45) is 17.2 Å². The van der Waals surface area contributed by atoms with E-state index < -0.39 is 47.5 Å². The summed E-state index contributed by atoms with van der Waals surface area (Å²) < 4.78 is 0. The van der Waals surface area contributed by atoms with E-state index in [1.54, 1.807) is 0 Å². The standard InChI is InChI=1S/2C6H11NO4.C4H9NO2/c7-4(3-6(10)11)1-2-5(8)9;7-4(6(10)11)2-1-3-5(8)9;1-4(2,5)3(6)7/h2*4H,1-3,7H2,(H,8,9)(H,10,11);5H2,1-2H3,(H,6,7). The monoisotopic (exact) mass is 425 g/mol. The Balaban J connectivity index is -0.000000360. The smallest absolute Gasteiger partial charge is 0.323 e. The first-order valence-corrected chi connectivity index (χ1v) is 8.42. The van der Waals surface area contributed by atoms with E-state index in [9.17, 15) is 24.0 Å². The molecule has 13 nitrogen and oxygen atoms in total. The van der Waals surface area contributed by atoms with E-state index in [0.29, 0.717) is 6.42 Å². The molecule has 0 aromatic heterocycles. The fourth-order valence-electron chi connectivity index (χ4n) is 1.23. The van der Waals surface area contributed by atoms with Crippen molar-refractivity contribution in [1.29, 1.82) is 0 Å². The lowest BCUT2D eigenvalue weighted by atomic mass is 10.1. The van der Waals surface area contributed by atoms with Gasteiger partial charge in [-0.05, 0) is 33.1 Å². The van der Waals surface area contributed by atoms with E-state index in [4.69, 9.17) is 42.7 Å². The molecule has 0 aliphatic carbocycles. The second-order valence-corrected chi connectivity index (χ2v) is 6.55. The molecule has 0 amide bonds. The van der Waals surface area contributed by atoms with E-state index in [0.717, 1.165) is 0 Å². The molecule has 0 aliphatic rings. The van der Waals surface area contributed by atoms with Crippen molar-refractivity contribution >= 4 is 29.8 Å². The molecular formula is C16H31N3O10. The van der Waals surface area contributed by atoms with E-state index in [1.807, 2.05) is 0 Å². The van der Waals surface area contributed by atoms with E-state index in [1.165, 1.54) is 13.8 Å². The minimum Gasteiger partial charge on any atom is -0.481 e. The van der Waals surface area contributed by atoms with Crippen LogP contribution >= 0.6 is 0 Å². The third kappa shape index (κ3) is 27.6. The Morgan fingerprint density at radius 3 is 1.48 bits per heavy atom. The van der Waals surface area contributed by atoms with Gasteiger partial charge in [0.1, 0.15) is 11.6 Å². The molecule has 0 fully saturated rings. The number of carboxylic acid groups (broad SMARTS) is 5. The van der Waals surface area contributed by atoms with Gasteiger partial charge in [0.15, 0.2) is 0 Å². The molecule has 0 saturated carbocycles. The highest BCUT2D eigenvalue weighted by molar-refractivity contribution is 5.77. The van der Waals surface area contributed by atoms with Crippen molar-refractivity contribution in [2.45, 2.75) is 70.0 Å². The highest BCUT2D eigenvalue weighted by Gasteiger charge is 2.19. The molecule has 0 heterocycles. The normalized spacial score (nSPS) is 12.2. The molecule has 0 bridgehead atoms. The fraction of sp³-hybridized carbons (Fsp3) is 0.688. The third-order valence-electron chi connectivity index (χ3n) is 2.94. The van der Waals surface area contributed by atoms with Gasteiger partial charge in [-0.3, -0.25) is 24.0 Å². The Kier molecular flexibility index (Phi) is 17.3. The number of nitrogens with two attached hydrogens (primary N) is 3. The van der Waals surface area contributed by atoms with E-state index in [2.05, 4.69) is 0 Å². The second-order valence-electron chi connectivity index (χ2n) is 6.55. The maximum Gasteiger partial charge on any atom is 0.323 e. The Hall–Kier alpha value is -2.77. The summed E-state index contributed by atoms with van der Waals surface area (Å²) in [5.41, 5.74) is 14.4. The van der Waals surface area contributed by atoms with Gasteiger partial charge in [0.05, 0.1) is 6.42 Å². The third-order valence-corrected chi connectivity index (χ3v) is 2.94. The van der Waals surface area contributed by atoms with Crippen molar-refractivity contribution in [2.75, 3.05) is 0 Å². The molecular weight excluding hydrogens is 394 g/mol. The maximum atomic E-state index is 10.1. The second kappa shape index (κ2) is 16.2. The van der Waals surface area contributed by atoms with Crippen molar-refractivity contribution in [1.82, 2.24) is 0 Å². The molecule has 0 aliphatic heterocycles. The van der Waals surface area contributed by atoms with Crippen molar-refractivity contribution < 1.29 is 49.5 Å². The molecule has 170 valence electrons. The highest BCUT2D eigenvalue weighted by Crippen LogP contribution is 1.99. The van der Waals surface area contributed by atoms with Crippen LogP contribution in [-0.2, 0) is 24.0 Å². The number of hydrogen-bond acceptors (Lipinski definition) is 8. The Morgan fingerprint density at radius 1 is 0.793 bits per heavy atom. The van der Waals surface area contributed by atoms with Gasteiger partial charge in [0, 0.05) is 18.9 Å². The number of carbonyl (C=O) groups is 5. The maximum absolute atomic E-state index is 10.1. The SMILES string of the molecule is CC(C)(N)C(=O)O.NC(CCC(=O)O)CC(=O)O.NC(CCCC(=O)O)C(=O)O. The quantitative estimate of drug-likeness (QED) is 0.200. The average Bonchev–Trinajstić information content (AvgIpc) is 2.52. The van der Waals surface area contributed by atoms with Crippen LogP contribution in [0.4, 0.5) is 0 Å². The predicted octanol–water partition coefficient (Wildman–Crippen LogP) is -0.885. The zero-order valence-corrected chi connectivity index (χ0v) is 16.4. The zero-order valence-electron chi connectivity index (χ0n) is 16.4. The number of hydrogen-bond donors (Lipinski definition) is 8. The van der Waals surface area contributed by atoms with Gasteiger partial charge in [-0.25, -0.2) is 0 Å². The van der Waals surface area contributed by atoms with Crippen molar-refractivity contribution in [3.8, 4) is 0 Å². The molecule has 2 unspecified atom stereocenters. The summed E-state index contributed by atoms with van der Waals surface area (Å²) in [5, 5.41) is 41.0. The first kappa shape index (κ1) is 30.9. The number of aliphatic carboxylic acids is 5. The molecule has 0 spiro atoms. The van der Waals surface area contributed by atoms with Crippen molar-refractivity contribution in [3.63, 3.8) is 0 Å². The molecule has 0 radical (unpaired) electrons. The summed E-state index contributed by atoms with van der Waals surface area (Å²) in [6.45, 7) is 2.88. The van der Waals surface area contributed by atoms with Crippen LogP contribution in [0.1, 0.15) is 52.4 Å². The molecule has 29 heavy (non-hydrogen) atoms. The average molecular weight is 425 g/mol. The van der Waals surface area contributed by atoms with Gasteiger partial charge in [-0.15, -0.1) is 0 Å². The predicted molar refractivity (Wildman–Crippen MR) is 100 cm³/mol. The summed E-state index contributed by atoms with van der Waals surface area (Å²) >= 11 is 0. The Morgan fingerprint density at radius 2 is 1.21 bits per heavy atom. The topological polar surface area (TPSA) is 265 Å². The van der Waals surface area contributed by atoms with Gasteiger partial charge in [-0.2, -0.15) is 0 Å². The highest BCUT2D eigenvalue weighted by atomic mass is 16.4. The Bertz CT molecular complexity index is 546. The van der Waals surface area contributed by atoms with E-state index >= 15 is 0 Å². The first-order chi connectivity index (χ1) is 13.0. The van der Waals surface area contributed by atoms with Crippen LogP contribution in [0.5, 0.6) is 0 Å². The zero-order chi connectivity index (χ0) is 23.8.